The molecule has 0 aliphatic heterocycles. The number of hydrogen-bond donors (Lipinski definition) is 4. The van der Waals surface area contributed by atoms with Gasteiger partial charge >= 0.3 is 0 Å². The molecule has 0 saturated heterocycles. The zero-order valence-electron chi connectivity index (χ0n) is 6.71. The van der Waals surface area contributed by atoms with E-state index in [9.17, 15) is 4.79 Å². The van der Waals surface area contributed by atoms with E-state index in [1.54, 1.807) is 0 Å². The Morgan fingerprint density at radius 1 is 1.45 bits per heavy atom. The van der Waals surface area contributed by atoms with Gasteiger partial charge in [0.05, 0.1) is 6.04 Å². The third-order valence-corrected chi connectivity index (χ3v) is 1.36. The van der Waals surface area contributed by atoms with Crippen molar-refractivity contribution in [3.63, 3.8) is 0 Å². The highest BCUT2D eigenvalue weighted by Gasteiger charge is 2.06. The van der Waals surface area contributed by atoms with Crippen molar-refractivity contribution in [2.75, 3.05) is 6.54 Å². The van der Waals surface area contributed by atoms with Crippen LogP contribution in [0.15, 0.2) is 0 Å². The molecule has 0 amide bonds. The Balaban J connectivity index is 3.31. The van der Waals surface area contributed by atoms with Crippen molar-refractivity contribution in [1.29, 1.82) is 0 Å². The Kier molecular flexibility index (Phi) is 4.97. The van der Waals surface area contributed by atoms with Gasteiger partial charge in [0.15, 0.2) is 0 Å². The minimum atomic E-state index is -0.533. The van der Waals surface area contributed by atoms with E-state index in [2.05, 4.69) is 5.32 Å². The minimum Gasteiger partial charge on any atom is -0.321 e. The molecule has 1 atom stereocenters. The van der Waals surface area contributed by atoms with Crippen LogP contribution < -0.4 is 22.5 Å². The van der Waals surface area contributed by atoms with Crippen LogP contribution in [-0.2, 0) is 4.79 Å². The van der Waals surface area contributed by atoms with Crippen LogP contribution >= 0.6 is 0 Å². The van der Waals surface area contributed by atoms with Crippen LogP contribution in [0.25, 0.3) is 0 Å². The number of nitrogens with one attached hydrogen (secondary N) is 1. The maximum absolute atomic E-state index is 10.6. The number of Topliss-reactive ketones (excluding diaryl/α,β-unsaturated/α-hetero) is 1. The van der Waals surface area contributed by atoms with Crippen LogP contribution in [0.1, 0.15) is 13.3 Å². The molecular formula is C6H16N4O. The summed E-state index contributed by atoms with van der Waals surface area (Å²) in [5.41, 5.74) is 15.8. The summed E-state index contributed by atoms with van der Waals surface area (Å²) in [4.78, 5) is 10.6. The van der Waals surface area contributed by atoms with E-state index in [1.807, 2.05) is 0 Å². The maximum atomic E-state index is 10.6. The zero-order valence-corrected chi connectivity index (χ0v) is 6.71. The summed E-state index contributed by atoms with van der Waals surface area (Å²) >= 11 is 0. The normalized spacial score (nSPS) is 13.5. The maximum Gasteiger partial charge on any atom is 0.146 e. The summed E-state index contributed by atoms with van der Waals surface area (Å²) in [6.07, 6.45) is 0.0365. The van der Waals surface area contributed by atoms with Gasteiger partial charge in [-0.05, 0) is 19.9 Å². The lowest BCUT2D eigenvalue weighted by atomic mass is 10.1. The Hall–Kier alpha value is -0.490. The molecule has 0 aliphatic carbocycles. The predicted molar refractivity (Wildman–Crippen MR) is 43.4 cm³/mol. The first kappa shape index (κ1) is 10.5. The molecule has 5 heteroatoms. The highest BCUT2D eigenvalue weighted by molar-refractivity contribution is 5.81. The van der Waals surface area contributed by atoms with Gasteiger partial charge in [-0.15, -0.1) is 0 Å². The Labute approximate surface area is 66.3 Å². The summed E-state index contributed by atoms with van der Waals surface area (Å²) in [6, 6.07) is -0.402. The standard InChI is InChI=1S/C6H16N4O/c1-4(11)5(7)2-3-10-6(8)9/h5-6,10H,2-3,7-9H2,1H3/t5-/m1/s1. The summed E-state index contributed by atoms with van der Waals surface area (Å²) in [6.45, 7) is 2.03. The number of hydrogen-bond acceptors (Lipinski definition) is 5. The first-order valence-corrected chi connectivity index (χ1v) is 3.54. The van der Waals surface area contributed by atoms with Gasteiger partial charge in [-0.1, -0.05) is 0 Å². The van der Waals surface area contributed by atoms with Crippen molar-refractivity contribution in [1.82, 2.24) is 5.32 Å². The molecule has 0 aliphatic rings. The zero-order chi connectivity index (χ0) is 8.85. The van der Waals surface area contributed by atoms with Crippen molar-refractivity contribution >= 4 is 5.78 Å². The molecule has 0 aromatic rings. The number of nitrogens with two attached hydrogens (primary N) is 3. The van der Waals surface area contributed by atoms with Crippen molar-refractivity contribution in [2.45, 2.75) is 25.7 Å². The molecule has 0 unspecified atom stereocenters. The highest BCUT2D eigenvalue weighted by atomic mass is 16.1. The smallest absolute Gasteiger partial charge is 0.146 e. The first-order chi connectivity index (χ1) is 5.04. The van der Waals surface area contributed by atoms with Gasteiger partial charge in [-0.3, -0.25) is 10.1 Å². The molecule has 0 heterocycles. The van der Waals surface area contributed by atoms with Crippen LogP contribution in [0.3, 0.4) is 0 Å². The Morgan fingerprint density at radius 2 is 2.00 bits per heavy atom. The quantitative estimate of drug-likeness (QED) is 0.351. The van der Waals surface area contributed by atoms with E-state index in [1.165, 1.54) is 6.92 Å². The fourth-order valence-corrected chi connectivity index (χ4v) is 0.609. The van der Waals surface area contributed by atoms with E-state index in [0.29, 0.717) is 13.0 Å². The summed E-state index contributed by atoms with van der Waals surface area (Å²) in [7, 11) is 0. The molecule has 0 bridgehead atoms. The van der Waals surface area contributed by atoms with Gasteiger partial charge in [0.2, 0.25) is 0 Å². The van der Waals surface area contributed by atoms with Gasteiger partial charge in [-0.25, -0.2) is 0 Å². The number of rotatable bonds is 5. The molecule has 0 saturated carbocycles. The number of carbonyl (C=O) groups is 1. The van der Waals surface area contributed by atoms with Crippen molar-refractivity contribution in [3.8, 4) is 0 Å². The lowest BCUT2D eigenvalue weighted by Crippen LogP contribution is -2.46. The molecular weight excluding hydrogens is 144 g/mol. The fourth-order valence-electron chi connectivity index (χ4n) is 0.609. The van der Waals surface area contributed by atoms with Crippen LogP contribution in [0, 0.1) is 0 Å². The van der Waals surface area contributed by atoms with E-state index in [-0.39, 0.29) is 5.78 Å². The molecule has 0 spiro atoms. The van der Waals surface area contributed by atoms with Crippen molar-refractivity contribution < 1.29 is 4.79 Å². The molecule has 5 nitrogen and oxygen atoms in total. The molecule has 0 aromatic carbocycles. The van der Waals surface area contributed by atoms with Crippen LogP contribution in [0.5, 0.6) is 0 Å². The third-order valence-electron chi connectivity index (χ3n) is 1.36. The molecule has 66 valence electrons. The highest BCUT2D eigenvalue weighted by Crippen LogP contribution is 1.86. The first-order valence-electron chi connectivity index (χ1n) is 3.54. The van der Waals surface area contributed by atoms with Crippen LogP contribution in [0.2, 0.25) is 0 Å². The van der Waals surface area contributed by atoms with Gasteiger partial charge in [-0.2, -0.15) is 0 Å². The van der Waals surface area contributed by atoms with Crippen molar-refractivity contribution in [2.24, 2.45) is 17.2 Å². The summed E-state index contributed by atoms with van der Waals surface area (Å²) in [5.74, 6) is -0.0163. The predicted octanol–water partition coefficient (Wildman–Crippen LogP) is -1.92. The van der Waals surface area contributed by atoms with Crippen molar-refractivity contribution in [3.05, 3.63) is 0 Å². The SMILES string of the molecule is CC(=O)[C@H](N)CCNC(N)N. The van der Waals surface area contributed by atoms with E-state index in [0.717, 1.165) is 0 Å². The molecule has 0 fully saturated rings. The molecule has 0 aromatic heterocycles. The molecule has 0 radical (unpaired) electrons. The second-order valence-corrected chi connectivity index (χ2v) is 2.49. The lowest BCUT2D eigenvalue weighted by molar-refractivity contribution is -0.118. The van der Waals surface area contributed by atoms with Crippen LogP contribution in [0.4, 0.5) is 0 Å². The van der Waals surface area contributed by atoms with E-state index < -0.39 is 12.3 Å². The molecule has 7 N–H and O–H groups in total. The van der Waals surface area contributed by atoms with E-state index in [4.69, 9.17) is 17.2 Å². The topological polar surface area (TPSA) is 107 Å². The van der Waals surface area contributed by atoms with Crippen LogP contribution in [-0.4, -0.2) is 24.7 Å². The van der Waals surface area contributed by atoms with Gasteiger partial charge < -0.3 is 17.2 Å². The average molecular weight is 160 g/mol. The summed E-state index contributed by atoms with van der Waals surface area (Å²) in [5, 5.41) is 2.75. The van der Waals surface area contributed by atoms with Gasteiger partial charge in [0, 0.05) is 0 Å². The number of ketones is 1. The van der Waals surface area contributed by atoms with Gasteiger partial charge in [0.1, 0.15) is 12.1 Å². The van der Waals surface area contributed by atoms with Gasteiger partial charge in [0.25, 0.3) is 0 Å². The second kappa shape index (κ2) is 5.20. The molecule has 11 heavy (non-hydrogen) atoms. The third kappa shape index (κ3) is 5.93. The second-order valence-electron chi connectivity index (χ2n) is 2.49. The molecule has 0 rings (SSSR count). The lowest BCUT2D eigenvalue weighted by Gasteiger charge is -2.10. The van der Waals surface area contributed by atoms with E-state index >= 15 is 0 Å². The largest absolute Gasteiger partial charge is 0.321 e. The minimum absolute atomic E-state index is 0.0163. The Bertz CT molecular complexity index is 126. The average Bonchev–Trinajstić information content (AvgIpc) is 1.86. The Morgan fingerprint density at radius 3 is 2.36 bits per heavy atom. The summed E-state index contributed by atoms with van der Waals surface area (Å²) < 4.78 is 0. The monoisotopic (exact) mass is 160 g/mol. The fraction of sp³-hybridized carbons (Fsp3) is 0.833. The number of carbonyl (C=O) groups excluding carboxylic acids is 1.